The number of amides is 1. The summed E-state index contributed by atoms with van der Waals surface area (Å²) in [7, 11) is 0. The number of likely N-dealkylation sites (tertiary alicyclic amines) is 1. The van der Waals surface area contributed by atoms with E-state index in [1.807, 2.05) is 41.3 Å². The number of ether oxygens (including phenoxy) is 2. The molecule has 47 heavy (non-hydrogen) atoms. The Labute approximate surface area is 271 Å². The molecule has 4 aliphatic rings. The quantitative estimate of drug-likeness (QED) is 0.167. The van der Waals surface area contributed by atoms with Crippen molar-refractivity contribution in [3.8, 4) is 34.8 Å². The zero-order valence-electron chi connectivity index (χ0n) is 25.7. The Bertz CT molecular complexity index is 1520. The number of nitrogens with zero attached hydrogens (tertiary/aromatic N) is 1. The summed E-state index contributed by atoms with van der Waals surface area (Å²) in [6.07, 6.45) is -12.0. The lowest BCUT2D eigenvalue weighted by molar-refractivity contribution is -0.214. The van der Waals surface area contributed by atoms with Crippen molar-refractivity contribution in [1.82, 2.24) is 4.90 Å². The fraction of sp³-hybridized carbons (Fsp3) is 0.514. The van der Waals surface area contributed by atoms with Crippen molar-refractivity contribution in [1.29, 1.82) is 0 Å². The summed E-state index contributed by atoms with van der Waals surface area (Å²) in [5.74, 6) is 11.7. The van der Waals surface area contributed by atoms with Gasteiger partial charge in [0.1, 0.15) is 61.0 Å². The molecular weight excluding hydrogens is 610 g/mol. The number of aliphatic hydroxyl groups excluding tert-OH is 8. The summed E-state index contributed by atoms with van der Waals surface area (Å²) in [5.41, 5.74) is 4.84. The largest absolute Gasteiger partial charge is 0.394 e. The first-order valence-corrected chi connectivity index (χ1v) is 15.7. The van der Waals surface area contributed by atoms with Gasteiger partial charge in [0.05, 0.1) is 13.2 Å². The second-order valence-electron chi connectivity index (χ2n) is 12.6. The van der Waals surface area contributed by atoms with E-state index in [-0.39, 0.29) is 5.91 Å². The van der Waals surface area contributed by atoms with Gasteiger partial charge >= 0.3 is 0 Å². The molecule has 0 radical (unpaired) electrons. The molecule has 0 saturated carbocycles. The lowest BCUT2D eigenvalue weighted by Crippen LogP contribution is -2.58. The average Bonchev–Trinajstić information content (AvgIpc) is 3.33. The first-order valence-electron chi connectivity index (χ1n) is 15.7. The van der Waals surface area contributed by atoms with Crippen LogP contribution in [-0.2, 0) is 19.7 Å². The second kappa shape index (κ2) is 13.3. The summed E-state index contributed by atoms with van der Waals surface area (Å²) >= 11 is 0. The molecular formula is C35H39NO11. The van der Waals surface area contributed by atoms with Gasteiger partial charge in [0.2, 0.25) is 5.91 Å². The number of carbonyl (C=O) groups is 1. The third-order valence-electron chi connectivity index (χ3n) is 9.92. The normalized spacial score (nSPS) is 34.0. The molecule has 6 rings (SSSR count). The summed E-state index contributed by atoms with van der Waals surface area (Å²) in [6.45, 7) is 1.53. The Morgan fingerprint density at radius 3 is 1.53 bits per heavy atom. The van der Waals surface area contributed by atoms with Crippen molar-refractivity contribution in [3.05, 3.63) is 58.7 Å². The van der Waals surface area contributed by atoms with Crippen LogP contribution in [0.2, 0.25) is 0 Å². The van der Waals surface area contributed by atoms with E-state index >= 15 is 0 Å². The van der Waals surface area contributed by atoms with E-state index in [1.54, 1.807) is 6.92 Å². The summed E-state index contributed by atoms with van der Waals surface area (Å²) < 4.78 is 11.1. The van der Waals surface area contributed by atoms with E-state index in [9.17, 15) is 45.6 Å². The zero-order valence-corrected chi connectivity index (χ0v) is 25.7. The molecule has 250 valence electrons. The minimum absolute atomic E-state index is 0.00316. The molecule has 3 heterocycles. The molecule has 0 unspecified atom stereocenters. The van der Waals surface area contributed by atoms with Crippen LogP contribution in [0.15, 0.2) is 36.4 Å². The minimum atomic E-state index is -1.53. The number of piperidine rings is 1. The molecule has 3 fully saturated rings. The third-order valence-corrected chi connectivity index (χ3v) is 9.92. The monoisotopic (exact) mass is 649 g/mol. The van der Waals surface area contributed by atoms with Gasteiger partial charge in [-0.05, 0) is 59.4 Å². The van der Waals surface area contributed by atoms with Gasteiger partial charge in [0.25, 0.3) is 0 Å². The maximum Gasteiger partial charge on any atom is 0.219 e. The molecule has 12 heteroatoms. The summed E-state index contributed by atoms with van der Waals surface area (Å²) in [4.78, 5) is 14.0. The molecule has 8 N–H and O–H groups in total. The highest BCUT2D eigenvalue weighted by molar-refractivity contribution is 5.83. The van der Waals surface area contributed by atoms with Gasteiger partial charge in [-0.2, -0.15) is 0 Å². The summed E-state index contributed by atoms with van der Waals surface area (Å²) in [5, 5.41) is 80.4. The maximum atomic E-state index is 12.2. The molecule has 12 nitrogen and oxygen atoms in total. The summed E-state index contributed by atoms with van der Waals surface area (Å²) in [6, 6.07) is 11.6. The van der Waals surface area contributed by atoms with Gasteiger partial charge in [-0.1, -0.05) is 35.8 Å². The fourth-order valence-corrected chi connectivity index (χ4v) is 7.14. The molecule has 1 spiro atoms. The van der Waals surface area contributed by atoms with Crippen LogP contribution >= 0.6 is 0 Å². The van der Waals surface area contributed by atoms with Crippen LogP contribution in [0.25, 0.3) is 11.1 Å². The van der Waals surface area contributed by atoms with Gasteiger partial charge in [-0.15, -0.1) is 0 Å². The van der Waals surface area contributed by atoms with Crippen molar-refractivity contribution < 1.29 is 55.1 Å². The SMILES string of the molecule is CC(=O)N1CCC2(CC1)c1cc(C#C[C@@H]3O[C@H](CO)[C@H](O)[C@H](O)[C@@H]3O)ccc1-c1ccc(C#C[C@@H]3O[C@H](CO)[C@H](O)[C@H](O)[C@@H]3O)cc12. The van der Waals surface area contributed by atoms with Gasteiger partial charge in [0, 0.05) is 36.6 Å². The first kappa shape index (κ1) is 33.5. The zero-order chi connectivity index (χ0) is 33.6. The van der Waals surface area contributed by atoms with Gasteiger partial charge in [-0.3, -0.25) is 4.79 Å². The lowest BCUT2D eigenvalue weighted by Gasteiger charge is -2.40. The highest BCUT2D eigenvalue weighted by Crippen LogP contribution is 2.54. The predicted molar refractivity (Wildman–Crippen MR) is 165 cm³/mol. The maximum absolute atomic E-state index is 12.2. The Morgan fingerprint density at radius 1 is 0.723 bits per heavy atom. The smallest absolute Gasteiger partial charge is 0.219 e. The average molecular weight is 650 g/mol. The van der Waals surface area contributed by atoms with Crippen molar-refractivity contribution >= 4 is 5.91 Å². The van der Waals surface area contributed by atoms with Gasteiger partial charge in [-0.25, -0.2) is 0 Å². The number of benzene rings is 2. The van der Waals surface area contributed by atoms with E-state index in [0.29, 0.717) is 37.1 Å². The van der Waals surface area contributed by atoms with E-state index < -0.39 is 79.7 Å². The molecule has 1 amide bonds. The minimum Gasteiger partial charge on any atom is -0.394 e. The Balaban J connectivity index is 1.34. The Kier molecular flexibility index (Phi) is 9.46. The molecule has 1 aliphatic carbocycles. The standard InChI is InChI=1S/C35H39NO11/c1-18(39)36-12-10-35(11-13-36)23-14-19(4-8-25-29(40)33(44)31(42)27(16-37)46-25)2-6-21(23)22-7-3-20(15-24(22)35)5-9-26-30(41)34(45)32(43)28(17-38)47-26/h2-3,6-7,14-15,25-34,37-38,40-45H,10-13,16-17H2,1H3/t25-,26-,27+,28+,29+,30+,31-,32-,33+,34+/m0/s1. The highest BCUT2D eigenvalue weighted by atomic mass is 16.5. The van der Waals surface area contributed by atoms with Crippen LogP contribution in [-0.4, -0.2) is 139 Å². The topological polar surface area (TPSA) is 201 Å². The van der Waals surface area contributed by atoms with Crippen LogP contribution in [0.5, 0.6) is 0 Å². The number of hydrogen-bond acceptors (Lipinski definition) is 11. The number of hydrogen-bond donors (Lipinski definition) is 8. The van der Waals surface area contributed by atoms with Crippen molar-refractivity contribution in [2.24, 2.45) is 0 Å². The first-order chi connectivity index (χ1) is 22.5. The number of carbonyl (C=O) groups excluding carboxylic acids is 1. The molecule has 3 saturated heterocycles. The van der Waals surface area contributed by atoms with Crippen molar-refractivity contribution in [3.63, 3.8) is 0 Å². The Morgan fingerprint density at radius 2 is 1.15 bits per heavy atom. The van der Waals surface area contributed by atoms with E-state index in [4.69, 9.17) is 9.47 Å². The van der Waals surface area contributed by atoms with Crippen LogP contribution in [0.3, 0.4) is 0 Å². The molecule has 0 bridgehead atoms. The molecule has 10 atom stereocenters. The highest BCUT2D eigenvalue weighted by Gasteiger charge is 2.47. The molecule has 2 aromatic rings. The van der Waals surface area contributed by atoms with Crippen LogP contribution in [0.1, 0.15) is 42.0 Å². The van der Waals surface area contributed by atoms with Crippen molar-refractivity contribution in [2.75, 3.05) is 26.3 Å². The van der Waals surface area contributed by atoms with Crippen molar-refractivity contribution in [2.45, 2.75) is 86.2 Å². The lowest BCUT2D eigenvalue weighted by atomic mass is 9.70. The van der Waals surface area contributed by atoms with E-state index in [0.717, 1.165) is 22.3 Å². The van der Waals surface area contributed by atoms with Gasteiger partial charge in [0.15, 0.2) is 0 Å². The Hall–Kier alpha value is -3.37. The van der Waals surface area contributed by atoms with E-state index in [2.05, 4.69) is 23.7 Å². The van der Waals surface area contributed by atoms with E-state index in [1.165, 1.54) is 0 Å². The fourth-order valence-electron chi connectivity index (χ4n) is 7.14. The number of rotatable bonds is 2. The van der Waals surface area contributed by atoms with Crippen LogP contribution < -0.4 is 0 Å². The van der Waals surface area contributed by atoms with Gasteiger partial charge < -0.3 is 55.2 Å². The molecule has 0 aromatic heterocycles. The van der Waals surface area contributed by atoms with Crippen LogP contribution in [0.4, 0.5) is 0 Å². The molecule has 3 aliphatic heterocycles. The second-order valence-corrected chi connectivity index (χ2v) is 12.6. The van der Waals surface area contributed by atoms with Crippen LogP contribution in [0, 0.1) is 23.7 Å². The molecule has 2 aromatic carbocycles. The predicted octanol–water partition coefficient (Wildman–Crippen LogP) is -2.02. The third kappa shape index (κ3) is 5.96. The number of fused-ring (bicyclic) bond motifs is 5. The number of aliphatic hydroxyl groups is 8.